The van der Waals surface area contributed by atoms with Crippen molar-refractivity contribution >= 4 is 5.78 Å². The predicted octanol–water partition coefficient (Wildman–Crippen LogP) is 3.50. The SMILES string of the molecule is CCC(=O)C1CC2(C1)CC(N1CCC(c3ccnc(C)n3)CC1)C2. The zero-order valence-electron chi connectivity index (χ0n) is 15.0. The van der Waals surface area contributed by atoms with Gasteiger partial charge in [-0.15, -0.1) is 0 Å². The molecule has 24 heavy (non-hydrogen) atoms. The highest BCUT2D eigenvalue weighted by Gasteiger charge is 2.55. The number of aryl methyl sites for hydroxylation is 1. The summed E-state index contributed by atoms with van der Waals surface area (Å²) in [5.41, 5.74) is 1.77. The second kappa shape index (κ2) is 6.21. The molecule has 0 unspecified atom stereocenters. The van der Waals surface area contributed by atoms with Crippen LogP contribution in [-0.2, 0) is 4.79 Å². The summed E-state index contributed by atoms with van der Waals surface area (Å²) in [6.45, 7) is 6.37. The van der Waals surface area contributed by atoms with Crippen LogP contribution in [0.3, 0.4) is 0 Å². The Labute approximate surface area is 145 Å². The van der Waals surface area contributed by atoms with Gasteiger partial charge in [0.05, 0.1) is 0 Å². The van der Waals surface area contributed by atoms with Gasteiger partial charge in [-0.2, -0.15) is 0 Å². The van der Waals surface area contributed by atoms with Gasteiger partial charge in [-0.3, -0.25) is 4.79 Å². The smallest absolute Gasteiger partial charge is 0.135 e. The van der Waals surface area contributed by atoms with E-state index in [-0.39, 0.29) is 0 Å². The number of carbonyl (C=O) groups excluding carboxylic acids is 1. The molecule has 0 radical (unpaired) electrons. The molecule has 4 rings (SSSR count). The van der Waals surface area contributed by atoms with Crippen LogP contribution in [0.2, 0.25) is 0 Å². The number of carbonyl (C=O) groups is 1. The second-order valence-electron chi connectivity index (χ2n) is 8.33. The Kier molecular flexibility index (Phi) is 4.19. The minimum Gasteiger partial charge on any atom is -0.300 e. The van der Waals surface area contributed by atoms with Gasteiger partial charge in [0.25, 0.3) is 0 Å². The Morgan fingerprint density at radius 2 is 1.96 bits per heavy atom. The van der Waals surface area contributed by atoms with Crippen LogP contribution in [-0.4, -0.2) is 39.8 Å². The zero-order valence-corrected chi connectivity index (χ0v) is 15.0. The quantitative estimate of drug-likeness (QED) is 0.849. The summed E-state index contributed by atoms with van der Waals surface area (Å²) >= 11 is 0. The number of aromatic nitrogens is 2. The predicted molar refractivity (Wildman–Crippen MR) is 93.8 cm³/mol. The molecule has 2 aliphatic carbocycles. The van der Waals surface area contributed by atoms with Crippen LogP contribution >= 0.6 is 0 Å². The first-order chi connectivity index (χ1) is 11.6. The van der Waals surface area contributed by atoms with E-state index in [0.717, 1.165) is 18.3 Å². The maximum absolute atomic E-state index is 11.8. The van der Waals surface area contributed by atoms with Crippen molar-refractivity contribution in [1.29, 1.82) is 0 Å². The third-order valence-electron chi connectivity index (χ3n) is 6.76. The molecule has 3 fully saturated rings. The molecule has 0 aromatic carbocycles. The Balaban J connectivity index is 1.24. The summed E-state index contributed by atoms with van der Waals surface area (Å²) in [5.74, 6) is 2.37. The monoisotopic (exact) mass is 327 g/mol. The van der Waals surface area contributed by atoms with Crippen molar-refractivity contribution in [1.82, 2.24) is 14.9 Å². The number of hydrogen-bond acceptors (Lipinski definition) is 4. The third-order valence-corrected chi connectivity index (χ3v) is 6.76. The summed E-state index contributed by atoms with van der Waals surface area (Å²) < 4.78 is 0. The third kappa shape index (κ3) is 2.90. The standard InChI is InChI=1S/C20H29N3O/c1-3-19(24)16-10-20(11-16)12-17(13-20)23-8-5-15(6-9-23)18-4-7-21-14(2)22-18/h4,7,15-17H,3,5-6,8-13H2,1-2H3. The van der Waals surface area contributed by atoms with Crippen LogP contribution in [0.4, 0.5) is 0 Å². The number of piperidine rings is 1. The molecule has 1 aliphatic heterocycles. The van der Waals surface area contributed by atoms with E-state index in [2.05, 4.69) is 20.9 Å². The molecule has 2 saturated carbocycles. The lowest BCUT2D eigenvalue weighted by atomic mass is 9.49. The fourth-order valence-electron chi connectivity index (χ4n) is 5.30. The first-order valence-corrected chi connectivity index (χ1v) is 9.65. The maximum Gasteiger partial charge on any atom is 0.135 e. The Morgan fingerprint density at radius 3 is 2.58 bits per heavy atom. The van der Waals surface area contributed by atoms with E-state index in [1.165, 1.54) is 57.3 Å². The van der Waals surface area contributed by atoms with Crippen molar-refractivity contribution in [2.75, 3.05) is 13.1 Å². The molecule has 0 bridgehead atoms. The van der Waals surface area contributed by atoms with Crippen LogP contribution in [0, 0.1) is 18.3 Å². The lowest BCUT2D eigenvalue weighted by Crippen LogP contribution is -2.58. The highest BCUT2D eigenvalue weighted by atomic mass is 16.1. The number of likely N-dealkylation sites (tertiary alicyclic amines) is 1. The van der Waals surface area contributed by atoms with E-state index in [0.29, 0.717) is 23.0 Å². The first-order valence-electron chi connectivity index (χ1n) is 9.65. The van der Waals surface area contributed by atoms with E-state index in [1.54, 1.807) is 0 Å². The molecule has 1 saturated heterocycles. The molecular weight excluding hydrogens is 298 g/mol. The minimum absolute atomic E-state index is 0.391. The average Bonchev–Trinajstić information content (AvgIpc) is 2.52. The highest BCUT2D eigenvalue weighted by molar-refractivity contribution is 5.81. The van der Waals surface area contributed by atoms with Crippen LogP contribution in [0.25, 0.3) is 0 Å². The van der Waals surface area contributed by atoms with Gasteiger partial charge < -0.3 is 4.90 Å². The summed E-state index contributed by atoms with van der Waals surface area (Å²) in [5, 5.41) is 0. The van der Waals surface area contributed by atoms with E-state index >= 15 is 0 Å². The Bertz CT molecular complexity index is 607. The van der Waals surface area contributed by atoms with Gasteiger partial charge in [-0.1, -0.05) is 6.92 Å². The number of Topliss-reactive ketones (excluding diaryl/α,β-unsaturated/α-hetero) is 1. The number of ketones is 1. The normalized spacial score (nSPS) is 33.9. The lowest BCUT2D eigenvalue weighted by Gasteiger charge is -2.60. The van der Waals surface area contributed by atoms with Crippen LogP contribution < -0.4 is 0 Å². The lowest BCUT2D eigenvalue weighted by molar-refractivity contribution is -0.141. The summed E-state index contributed by atoms with van der Waals surface area (Å²) in [6.07, 6.45) is 10.1. The molecule has 3 aliphatic rings. The molecule has 1 aromatic rings. The second-order valence-corrected chi connectivity index (χ2v) is 8.33. The first kappa shape index (κ1) is 16.2. The highest BCUT2D eigenvalue weighted by Crippen LogP contribution is 2.60. The molecule has 4 heteroatoms. The molecular formula is C20H29N3O. The van der Waals surface area contributed by atoms with Crippen molar-refractivity contribution in [3.8, 4) is 0 Å². The number of rotatable bonds is 4. The molecule has 1 aromatic heterocycles. The Hall–Kier alpha value is -1.29. The number of hydrogen-bond donors (Lipinski definition) is 0. The van der Waals surface area contributed by atoms with Gasteiger partial charge in [0.15, 0.2) is 0 Å². The summed E-state index contributed by atoms with van der Waals surface area (Å²) in [4.78, 5) is 23.3. The van der Waals surface area contributed by atoms with E-state index in [4.69, 9.17) is 0 Å². The molecule has 2 heterocycles. The van der Waals surface area contributed by atoms with Gasteiger partial charge in [0, 0.05) is 36.2 Å². The number of nitrogens with zero attached hydrogens (tertiary/aromatic N) is 3. The van der Waals surface area contributed by atoms with E-state index in [1.807, 2.05) is 20.0 Å². The summed E-state index contributed by atoms with van der Waals surface area (Å²) in [6, 6.07) is 2.86. The van der Waals surface area contributed by atoms with E-state index < -0.39 is 0 Å². The zero-order chi connectivity index (χ0) is 16.7. The molecule has 0 atom stereocenters. The minimum atomic E-state index is 0.391. The van der Waals surface area contributed by atoms with Gasteiger partial charge in [-0.05, 0) is 70.0 Å². The van der Waals surface area contributed by atoms with Crippen molar-refractivity contribution in [3.05, 3.63) is 23.8 Å². The largest absolute Gasteiger partial charge is 0.300 e. The molecule has 0 N–H and O–H groups in total. The van der Waals surface area contributed by atoms with Crippen molar-refractivity contribution in [3.63, 3.8) is 0 Å². The van der Waals surface area contributed by atoms with Crippen LogP contribution in [0.1, 0.15) is 69.3 Å². The fraction of sp³-hybridized carbons (Fsp3) is 0.750. The molecule has 1 spiro atoms. The van der Waals surface area contributed by atoms with E-state index in [9.17, 15) is 4.79 Å². The van der Waals surface area contributed by atoms with Crippen LogP contribution in [0.15, 0.2) is 12.3 Å². The van der Waals surface area contributed by atoms with Crippen molar-refractivity contribution < 1.29 is 4.79 Å². The van der Waals surface area contributed by atoms with Gasteiger partial charge >= 0.3 is 0 Å². The molecule has 0 amide bonds. The van der Waals surface area contributed by atoms with Crippen molar-refractivity contribution in [2.24, 2.45) is 11.3 Å². The molecule has 4 nitrogen and oxygen atoms in total. The van der Waals surface area contributed by atoms with Gasteiger partial charge in [-0.25, -0.2) is 9.97 Å². The Morgan fingerprint density at radius 1 is 1.25 bits per heavy atom. The summed E-state index contributed by atoms with van der Waals surface area (Å²) in [7, 11) is 0. The van der Waals surface area contributed by atoms with Crippen LogP contribution in [0.5, 0.6) is 0 Å². The fourth-order valence-corrected chi connectivity index (χ4v) is 5.30. The van der Waals surface area contributed by atoms with Crippen molar-refractivity contribution in [2.45, 2.75) is 70.8 Å². The van der Waals surface area contributed by atoms with Gasteiger partial charge in [0.2, 0.25) is 0 Å². The maximum atomic E-state index is 11.8. The average molecular weight is 327 g/mol. The van der Waals surface area contributed by atoms with Gasteiger partial charge in [0.1, 0.15) is 11.6 Å². The molecule has 130 valence electrons. The topological polar surface area (TPSA) is 46.1 Å².